The molecule has 0 radical (unpaired) electrons. The first kappa shape index (κ1) is 15.5. The van der Waals surface area contributed by atoms with Crippen molar-refractivity contribution in [3.63, 3.8) is 0 Å². The molecule has 0 amide bonds. The number of rotatable bonds is 7. The lowest BCUT2D eigenvalue weighted by atomic mass is 10.0. The van der Waals surface area contributed by atoms with Crippen molar-refractivity contribution < 1.29 is 0 Å². The molecule has 1 aromatic carbocycles. The van der Waals surface area contributed by atoms with Gasteiger partial charge >= 0.3 is 0 Å². The van der Waals surface area contributed by atoms with E-state index in [9.17, 15) is 0 Å². The zero-order valence-electron chi connectivity index (χ0n) is 13.2. The summed E-state index contributed by atoms with van der Waals surface area (Å²) in [7, 11) is 4.23. The van der Waals surface area contributed by atoms with Gasteiger partial charge in [0.15, 0.2) is 0 Å². The van der Waals surface area contributed by atoms with Crippen molar-refractivity contribution in [1.29, 1.82) is 0 Å². The quantitative estimate of drug-likeness (QED) is 0.777. The van der Waals surface area contributed by atoms with E-state index in [2.05, 4.69) is 49.0 Å². The van der Waals surface area contributed by atoms with Crippen molar-refractivity contribution in [2.24, 2.45) is 5.73 Å². The Bertz CT molecular complexity index is 428. The van der Waals surface area contributed by atoms with Crippen LogP contribution in [0.25, 0.3) is 0 Å². The monoisotopic (exact) mass is 275 g/mol. The zero-order valence-corrected chi connectivity index (χ0v) is 13.2. The van der Waals surface area contributed by atoms with Gasteiger partial charge in [-0.15, -0.1) is 0 Å². The molecule has 3 nitrogen and oxygen atoms in total. The summed E-state index contributed by atoms with van der Waals surface area (Å²) in [6.45, 7) is 6.23. The lowest BCUT2D eigenvalue weighted by molar-refractivity contribution is 0.215. The van der Waals surface area contributed by atoms with E-state index in [-0.39, 0.29) is 0 Å². The molecule has 0 aromatic heterocycles. The molecular weight excluding hydrogens is 246 g/mol. The molecule has 0 spiro atoms. The van der Waals surface area contributed by atoms with Crippen LogP contribution in [0.2, 0.25) is 0 Å². The van der Waals surface area contributed by atoms with E-state index in [1.165, 1.54) is 42.5 Å². The fourth-order valence-electron chi connectivity index (χ4n) is 3.16. The van der Waals surface area contributed by atoms with Crippen molar-refractivity contribution in [3.05, 3.63) is 34.9 Å². The van der Waals surface area contributed by atoms with Crippen molar-refractivity contribution in [2.45, 2.75) is 45.3 Å². The maximum atomic E-state index is 6.04. The molecule has 1 unspecified atom stereocenters. The van der Waals surface area contributed by atoms with Gasteiger partial charge in [0.25, 0.3) is 0 Å². The van der Waals surface area contributed by atoms with Crippen LogP contribution in [0.4, 0.5) is 0 Å². The third-order valence-electron chi connectivity index (χ3n) is 4.15. The number of fused-ring (bicyclic) bond motifs is 1. The van der Waals surface area contributed by atoms with Gasteiger partial charge in [0, 0.05) is 25.7 Å². The molecule has 3 heteroatoms. The third kappa shape index (κ3) is 3.60. The van der Waals surface area contributed by atoms with Crippen LogP contribution in [-0.4, -0.2) is 37.0 Å². The number of benzene rings is 1. The molecule has 1 aliphatic heterocycles. The summed E-state index contributed by atoms with van der Waals surface area (Å²) in [5, 5.41) is 0. The van der Waals surface area contributed by atoms with Gasteiger partial charge < -0.3 is 10.6 Å². The number of nitrogens with zero attached hydrogens (tertiary/aromatic N) is 2. The summed E-state index contributed by atoms with van der Waals surface area (Å²) in [5.74, 6) is 0. The largest absolute Gasteiger partial charge is 0.329 e. The van der Waals surface area contributed by atoms with E-state index in [4.69, 9.17) is 5.73 Å². The smallest absolute Gasteiger partial charge is 0.0477 e. The minimum atomic E-state index is 0.420. The first-order valence-corrected chi connectivity index (χ1v) is 7.86. The minimum Gasteiger partial charge on any atom is -0.329 e. The van der Waals surface area contributed by atoms with Crippen LogP contribution in [0.1, 0.15) is 48.9 Å². The number of hydrogen-bond acceptors (Lipinski definition) is 3. The van der Waals surface area contributed by atoms with Crippen LogP contribution < -0.4 is 5.73 Å². The Morgan fingerprint density at radius 3 is 2.75 bits per heavy atom. The van der Waals surface area contributed by atoms with Crippen LogP contribution in [0.15, 0.2) is 18.2 Å². The highest BCUT2D eigenvalue weighted by Crippen LogP contribution is 2.34. The Kier molecular flexibility index (Phi) is 5.58. The molecule has 0 fully saturated rings. The van der Waals surface area contributed by atoms with Crippen LogP contribution in [0.5, 0.6) is 0 Å². The summed E-state index contributed by atoms with van der Waals surface area (Å²) in [6.07, 6.45) is 3.88. The van der Waals surface area contributed by atoms with Crippen molar-refractivity contribution in [3.8, 4) is 0 Å². The van der Waals surface area contributed by atoms with E-state index in [1.54, 1.807) is 0 Å². The van der Waals surface area contributed by atoms with Gasteiger partial charge in [0.2, 0.25) is 0 Å². The van der Waals surface area contributed by atoms with Crippen LogP contribution in [0, 0.1) is 0 Å². The standard InChI is InChI=1S/C17H29N3/c1-4-5-6-9-20-13-15-8-7-14(12-19(2)3)10-16(15)17(20)11-18/h7-8,10,17H,4-6,9,11-13,18H2,1-3H3. The fraction of sp³-hybridized carbons (Fsp3) is 0.647. The predicted octanol–water partition coefficient (Wildman–Crippen LogP) is 2.75. The molecule has 0 saturated heterocycles. The molecular formula is C17H29N3. The normalized spacial score (nSPS) is 18.8. The van der Waals surface area contributed by atoms with Gasteiger partial charge in [0.05, 0.1) is 0 Å². The lowest BCUT2D eigenvalue weighted by Crippen LogP contribution is -2.28. The zero-order chi connectivity index (χ0) is 14.5. The van der Waals surface area contributed by atoms with E-state index in [0.717, 1.165) is 19.6 Å². The molecule has 2 N–H and O–H groups in total. The van der Waals surface area contributed by atoms with Crippen molar-refractivity contribution >= 4 is 0 Å². The second kappa shape index (κ2) is 7.21. The fourth-order valence-corrected chi connectivity index (χ4v) is 3.16. The molecule has 0 aliphatic carbocycles. The van der Waals surface area contributed by atoms with Crippen molar-refractivity contribution in [2.75, 3.05) is 27.2 Å². The second-order valence-electron chi connectivity index (χ2n) is 6.20. The highest BCUT2D eigenvalue weighted by molar-refractivity contribution is 5.38. The summed E-state index contributed by atoms with van der Waals surface area (Å²) in [6, 6.07) is 7.36. The Balaban J connectivity index is 2.10. The Morgan fingerprint density at radius 1 is 1.30 bits per heavy atom. The van der Waals surface area contributed by atoms with E-state index >= 15 is 0 Å². The Morgan fingerprint density at radius 2 is 2.10 bits per heavy atom. The maximum absolute atomic E-state index is 6.04. The molecule has 20 heavy (non-hydrogen) atoms. The molecule has 2 rings (SSSR count). The lowest BCUT2D eigenvalue weighted by Gasteiger charge is -2.23. The van der Waals surface area contributed by atoms with Crippen LogP contribution in [-0.2, 0) is 13.1 Å². The summed E-state index contributed by atoms with van der Waals surface area (Å²) < 4.78 is 0. The second-order valence-corrected chi connectivity index (χ2v) is 6.20. The molecule has 112 valence electrons. The SMILES string of the molecule is CCCCCN1Cc2ccc(CN(C)C)cc2C1CN. The van der Waals surface area contributed by atoms with Gasteiger partial charge in [-0.05, 0) is 43.8 Å². The Labute approximate surface area is 123 Å². The predicted molar refractivity (Wildman–Crippen MR) is 85.6 cm³/mol. The van der Waals surface area contributed by atoms with Gasteiger partial charge in [-0.2, -0.15) is 0 Å². The molecule has 1 aromatic rings. The molecule has 1 atom stereocenters. The van der Waals surface area contributed by atoms with E-state index in [0.29, 0.717) is 6.04 Å². The molecule has 0 saturated carbocycles. The first-order chi connectivity index (χ1) is 9.65. The average molecular weight is 275 g/mol. The number of nitrogens with two attached hydrogens (primary N) is 1. The van der Waals surface area contributed by atoms with E-state index in [1.807, 2.05) is 0 Å². The Hall–Kier alpha value is -0.900. The maximum Gasteiger partial charge on any atom is 0.0477 e. The summed E-state index contributed by atoms with van der Waals surface area (Å²) in [4.78, 5) is 4.77. The average Bonchev–Trinajstić information content (AvgIpc) is 2.75. The van der Waals surface area contributed by atoms with Gasteiger partial charge in [-0.25, -0.2) is 0 Å². The minimum absolute atomic E-state index is 0.420. The van der Waals surface area contributed by atoms with Gasteiger partial charge in [0.1, 0.15) is 0 Å². The van der Waals surface area contributed by atoms with Crippen LogP contribution >= 0.6 is 0 Å². The topological polar surface area (TPSA) is 32.5 Å². The summed E-state index contributed by atoms with van der Waals surface area (Å²) >= 11 is 0. The van der Waals surface area contributed by atoms with Crippen LogP contribution in [0.3, 0.4) is 0 Å². The van der Waals surface area contributed by atoms with Gasteiger partial charge in [-0.3, -0.25) is 4.90 Å². The highest BCUT2D eigenvalue weighted by Gasteiger charge is 2.28. The molecule has 1 aliphatic rings. The molecule has 0 bridgehead atoms. The van der Waals surface area contributed by atoms with E-state index < -0.39 is 0 Å². The molecule has 1 heterocycles. The first-order valence-electron chi connectivity index (χ1n) is 7.86. The third-order valence-corrected chi connectivity index (χ3v) is 4.15. The number of hydrogen-bond donors (Lipinski definition) is 1. The summed E-state index contributed by atoms with van der Waals surface area (Å²) in [5.41, 5.74) is 10.4. The van der Waals surface area contributed by atoms with Crippen molar-refractivity contribution in [1.82, 2.24) is 9.80 Å². The van der Waals surface area contributed by atoms with Gasteiger partial charge in [-0.1, -0.05) is 38.0 Å². The highest BCUT2D eigenvalue weighted by atomic mass is 15.2. The number of unbranched alkanes of at least 4 members (excludes halogenated alkanes) is 2.